The molecule has 0 bridgehead atoms. The van der Waals surface area contributed by atoms with E-state index in [1.54, 1.807) is 0 Å². The Morgan fingerprint density at radius 1 is 1.38 bits per heavy atom. The van der Waals surface area contributed by atoms with Gasteiger partial charge in [-0.15, -0.1) is 0 Å². The Morgan fingerprint density at radius 2 is 2.00 bits per heavy atom. The smallest absolute Gasteiger partial charge is 0.0471 e. The molecule has 1 aliphatic rings. The van der Waals surface area contributed by atoms with Crippen molar-refractivity contribution in [1.82, 2.24) is 5.32 Å². The van der Waals surface area contributed by atoms with Crippen molar-refractivity contribution in [3.8, 4) is 0 Å². The van der Waals surface area contributed by atoms with Crippen molar-refractivity contribution in [2.45, 2.75) is 40.0 Å². The Balaban J connectivity index is 2.28. The van der Waals surface area contributed by atoms with Gasteiger partial charge in [0.1, 0.15) is 0 Å². The van der Waals surface area contributed by atoms with Gasteiger partial charge in [0, 0.05) is 26.3 Å². The van der Waals surface area contributed by atoms with Crippen LogP contribution < -0.4 is 11.1 Å². The van der Waals surface area contributed by atoms with Crippen molar-refractivity contribution in [3.63, 3.8) is 0 Å². The van der Waals surface area contributed by atoms with Crippen molar-refractivity contribution < 1.29 is 4.74 Å². The molecule has 0 saturated carbocycles. The van der Waals surface area contributed by atoms with Gasteiger partial charge in [0.15, 0.2) is 0 Å². The molecule has 0 aromatic carbocycles. The molecule has 1 aliphatic heterocycles. The molecule has 1 rings (SSSR count). The fourth-order valence-corrected chi connectivity index (χ4v) is 2.05. The van der Waals surface area contributed by atoms with Gasteiger partial charge in [0.05, 0.1) is 0 Å². The Morgan fingerprint density at radius 3 is 2.50 bits per heavy atom. The highest BCUT2D eigenvalue weighted by atomic mass is 16.5. The van der Waals surface area contributed by atoms with E-state index in [4.69, 9.17) is 10.5 Å². The molecule has 0 aliphatic carbocycles. The van der Waals surface area contributed by atoms with Crippen LogP contribution in [0.25, 0.3) is 0 Å². The lowest BCUT2D eigenvalue weighted by Gasteiger charge is -2.35. The highest BCUT2D eigenvalue weighted by Crippen LogP contribution is 2.29. The highest BCUT2D eigenvalue weighted by molar-refractivity contribution is 4.82. The molecular formula is C13H28N2O. The molecule has 96 valence electrons. The van der Waals surface area contributed by atoms with Crippen LogP contribution >= 0.6 is 0 Å². The van der Waals surface area contributed by atoms with E-state index in [2.05, 4.69) is 26.1 Å². The minimum Gasteiger partial charge on any atom is -0.381 e. The van der Waals surface area contributed by atoms with Gasteiger partial charge in [-0.05, 0) is 36.6 Å². The molecule has 1 unspecified atom stereocenters. The minimum absolute atomic E-state index is 0.252. The summed E-state index contributed by atoms with van der Waals surface area (Å²) in [5.74, 6) is 0. The molecule has 3 N–H and O–H groups in total. The summed E-state index contributed by atoms with van der Waals surface area (Å²) >= 11 is 0. The summed E-state index contributed by atoms with van der Waals surface area (Å²) < 4.78 is 5.41. The van der Waals surface area contributed by atoms with Crippen molar-refractivity contribution >= 4 is 0 Å². The molecule has 1 fully saturated rings. The van der Waals surface area contributed by atoms with Gasteiger partial charge in [-0.3, -0.25) is 0 Å². The van der Waals surface area contributed by atoms with Crippen LogP contribution in [0.5, 0.6) is 0 Å². The number of rotatable bonds is 6. The summed E-state index contributed by atoms with van der Waals surface area (Å²) in [7, 11) is 0. The Hall–Kier alpha value is -0.120. The number of hydrogen-bond acceptors (Lipinski definition) is 3. The first-order chi connectivity index (χ1) is 7.54. The average Bonchev–Trinajstić information content (AvgIpc) is 2.29. The molecule has 0 radical (unpaired) electrons. The molecule has 0 spiro atoms. The molecule has 3 heteroatoms. The van der Waals surface area contributed by atoms with Crippen LogP contribution in [0, 0.1) is 10.8 Å². The predicted octanol–water partition coefficient (Wildman–Crippen LogP) is 1.77. The number of nitrogens with two attached hydrogens (primary N) is 1. The topological polar surface area (TPSA) is 47.3 Å². The third kappa shape index (κ3) is 4.04. The van der Waals surface area contributed by atoms with E-state index in [-0.39, 0.29) is 5.41 Å². The van der Waals surface area contributed by atoms with E-state index in [1.165, 1.54) is 12.8 Å². The van der Waals surface area contributed by atoms with Crippen LogP contribution in [0.2, 0.25) is 0 Å². The maximum absolute atomic E-state index is 5.81. The largest absolute Gasteiger partial charge is 0.381 e. The highest BCUT2D eigenvalue weighted by Gasteiger charge is 2.28. The molecule has 16 heavy (non-hydrogen) atoms. The standard InChI is InChI=1S/C13H28N2O/c1-4-12(2,9-14)10-15-11-13(3)5-7-16-8-6-13/h15H,4-11,14H2,1-3H3. The maximum Gasteiger partial charge on any atom is 0.0471 e. The Kier molecular flexibility index (Phi) is 5.22. The third-order valence-electron chi connectivity index (χ3n) is 4.15. The summed E-state index contributed by atoms with van der Waals surface area (Å²) in [6, 6.07) is 0. The molecule has 1 atom stereocenters. The normalized spacial score (nSPS) is 24.0. The van der Waals surface area contributed by atoms with E-state index >= 15 is 0 Å². The zero-order valence-electron chi connectivity index (χ0n) is 11.1. The van der Waals surface area contributed by atoms with Gasteiger partial charge in [-0.2, -0.15) is 0 Å². The minimum atomic E-state index is 0.252. The zero-order chi connectivity index (χ0) is 12.1. The van der Waals surface area contributed by atoms with Crippen LogP contribution in [-0.2, 0) is 4.74 Å². The monoisotopic (exact) mass is 228 g/mol. The molecule has 1 saturated heterocycles. The Bertz CT molecular complexity index is 196. The summed E-state index contributed by atoms with van der Waals surface area (Å²) in [5.41, 5.74) is 6.48. The van der Waals surface area contributed by atoms with Gasteiger partial charge >= 0.3 is 0 Å². The molecule has 1 heterocycles. The van der Waals surface area contributed by atoms with Crippen LogP contribution in [0.1, 0.15) is 40.0 Å². The second-order valence-electron chi connectivity index (χ2n) is 5.89. The second kappa shape index (κ2) is 5.99. The molecular weight excluding hydrogens is 200 g/mol. The van der Waals surface area contributed by atoms with E-state index in [0.717, 1.165) is 39.3 Å². The molecule has 0 aromatic heterocycles. The number of nitrogens with one attached hydrogen (secondary N) is 1. The number of hydrogen-bond donors (Lipinski definition) is 2. The first-order valence-electron chi connectivity index (χ1n) is 6.52. The molecule has 3 nitrogen and oxygen atoms in total. The SMILES string of the molecule is CCC(C)(CN)CNCC1(C)CCOCC1. The fourth-order valence-electron chi connectivity index (χ4n) is 2.05. The van der Waals surface area contributed by atoms with Crippen LogP contribution in [0.3, 0.4) is 0 Å². The number of ether oxygens (including phenoxy) is 1. The van der Waals surface area contributed by atoms with E-state index < -0.39 is 0 Å². The molecule has 0 amide bonds. The van der Waals surface area contributed by atoms with Gasteiger partial charge < -0.3 is 15.8 Å². The summed E-state index contributed by atoms with van der Waals surface area (Å²) in [6.45, 7) is 11.5. The first-order valence-corrected chi connectivity index (χ1v) is 6.52. The van der Waals surface area contributed by atoms with Gasteiger partial charge in [-0.25, -0.2) is 0 Å². The van der Waals surface area contributed by atoms with Crippen molar-refractivity contribution in [1.29, 1.82) is 0 Å². The Labute approximate surface area is 100 Å². The third-order valence-corrected chi connectivity index (χ3v) is 4.15. The second-order valence-corrected chi connectivity index (χ2v) is 5.89. The van der Waals surface area contributed by atoms with E-state index in [1.807, 2.05) is 0 Å². The van der Waals surface area contributed by atoms with Crippen LogP contribution in [-0.4, -0.2) is 32.8 Å². The lowest BCUT2D eigenvalue weighted by Crippen LogP contribution is -2.43. The van der Waals surface area contributed by atoms with Gasteiger partial charge in [0.25, 0.3) is 0 Å². The van der Waals surface area contributed by atoms with Crippen molar-refractivity contribution in [2.24, 2.45) is 16.6 Å². The maximum atomic E-state index is 5.81. The zero-order valence-corrected chi connectivity index (χ0v) is 11.1. The molecule has 0 aromatic rings. The van der Waals surface area contributed by atoms with Crippen LogP contribution in [0.15, 0.2) is 0 Å². The first kappa shape index (κ1) is 13.9. The van der Waals surface area contributed by atoms with Crippen molar-refractivity contribution in [2.75, 3.05) is 32.8 Å². The summed E-state index contributed by atoms with van der Waals surface area (Å²) in [6.07, 6.45) is 3.48. The quantitative estimate of drug-likeness (QED) is 0.728. The van der Waals surface area contributed by atoms with Crippen LogP contribution in [0.4, 0.5) is 0 Å². The summed E-state index contributed by atoms with van der Waals surface area (Å²) in [4.78, 5) is 0. The lowest BCUT2D eigenvalue weighted by atomic mass is 9.81. The van der Waals surface area contributed by atoms with Gasteiger partial charge in [0.2, 0.25) is 0 Å². The van der Waals surface area contributed by atoms with E-state index in [0.29, 0.717) is 5.41 Å². The fraction of sp³-hybridized carbons (Fsp3) is 1.00. The summed E-state index contributed by atoms with van der Waals surface area (Å²) in [5, 5.41) is 3.60. The van der Waals surface area contributed by atoms with Crippen molar-refractivity contribution in [3.05, 3.63) is 0 Å². The van der Waals surface area contributed by atoms with Gasteiger partial charge in [-0.1, -0.05) is 20.8 Å². The lowest BCUT2D eigenvalue weighted by molar-refractivity contribution is 0.0230. The average molecular weight is 228 g/mol. The van der Waals surface area contributed by atoms with E-state index in [9.17, 15) is 0 Å². The predicted molar refractivity (Wildman–Crippen MR) is 68.5 cm³/mol.